The number of carbonyl (C=O) groups is 2. The molecule has 0 radical (unpaired) electrons. The Hall–Kier alpha value is -2.50. The van der Waals surface area contributed by atoms with Crippen LogP contribution in [-0.2, 0) is 9.59 Å². The van der Waals surface area contributed by atoms with Gasteiger partial charge in [-0.15, -0.1) is 0 Å². The molecule has 23 heavy (non-hydrogen) atoms. The number of amides is 2. The van der Waals surface area contributed by atoms with Crippen molar-refractivity contribution in [3.8, 4) is 11.5 Å². The summed E-state index contributed by atoms with van der Waals surface area (Å²) in [6.45, 7) is 5.12. The Labute approximate surface area is 135 Å². The molecule has 0 aliphatic carbocycles. The number of nitrogens with zero attached hydrogens (tertiary/aromatic N) is 1. The van der Waals surface area contributed by atoms with Crippen LogP contribution in [0.1, 0.15) is 19.4 Å². The molecule has 6 nitrogen and oxygen atoms in total. The monoisotopic (exact) mass is 316 g/mol. The van der Waals surface area contributed by atoms with Crippen LogP contribution >= 0.6 is 0 Å². The van der Waals surface area contributed by atoms with Gasteiger partial charge in [-0.25, -0.2) is 0 Å². The number of carbonyl (C=O) groups excluding carboxylic acids is 2. The maximum absolute atomic E-state index is 12.5. The summed E-state index contributed by atoms with van der Waals surface area (Å²) in [7, 11) is 0. The third-order valence-corrected chi connectivity index (χ3v) is 3.99. The van der Waals surface area contributed by atoms with Crippen LogP contribution in [0.15, 0.2) is 24.3 Å². The normalized spacial score (nSPS) is 20.2. The smallest absolute Gasteiger partial charge is 0.247 e. The molecule has 0 saturated carbocycles. The molecule has 0 unspecified atom stereocenters. The van der Waals surface area contributed by atoms with Gasteiger partial charge in [0.25, 0.3) is 0 Å². The van der Waals surface area contributed by atoms with Gasteiger partial charge in [0.2, 0.25) is 18.6 Å². The van der Waals surface area contributed by atoms with Crippen molar-refractivity contribution in [1.29, 1.82) is 0 Å². The number of nitrogens with one attached hydrogen (secondary N) is 1. The highest BCUT2D eigenvalue weighted by molar-refractivity contribution is 5.96. The molecule has 1 N–H and O–H groups in total. The number of piperazine rings is 1. The van der Waals surface area contributed by atoms with Gasteiger partial charge in [-0.3, -0.25) is 9.59 Å². The Kier molecular flexibility index (Phi) is 4.23. The van der Waals surface area contributed by atoms with Crippen LogP contribution in [0.25, 0.3) is 6.08 Å². The third kappa shape index (κ3) is 3.16. The van der Waals surface area contributed by atoms with Gasteiger partial charge in [0.15, 0.2) is 11.5 Å². The molecule has 0 bridgehead atoms. The van der Waals surface area contributed by atoms with E-state index in [9.17, 15) is 9.59 Å². The number of benzene rings is 1. The quantitative estimate of drug-likeness (QED) is 0.856. The summed E-state index contributed by atoms with van der Waals surface area (Å²) in [5, 5.41) is 2.81. The predicted octanol–water partition coefficient (Wildman–Crippen LogP) is 1.41. The van der Waals surface area contributed by atoms with Crippen molar-refractivity contribution in [2.24, 2.45) is 5.92 Å². The zero-order valence-electron chi connectivity index (χ0n) is 13.2. The first-order chi connectivity index (χ1) is 11.1. The van der Waals surface area contributed by atoms with Crippen LogP contribution in [-0.4, -0.2) is 42.6 Å². The van der Waals surface area contributed by atoms with Crippen LogP contribution < -0.4 is 14.8 Å². The predicted molar refractivity (Wildman–Crippen MR) is 84.9 cm³/mol. The molecule has 2 heterocycles. The van der Waals surface area contributed by atoms with E-state index in [1.807, 2.05) is 32.0 Å². The molecule has 2 amide bonds. The Morgan fingerprint density at radius 1 is 1.35 bits per heavy atom. The van der Waals surface area contributed by atoms with E-state index in [-0.39, 0.29) is 24.5 Å². The van der Waals surface area contributed by atoms with E-state index in [0.717, 1.165) is 5.56 Å². The standard InChI is InChI=1S/C17H20N2O4/c1-11(2)16-17(21)18-7-8-19(16)15(20)6-4-12-3-5-13-14(9-12)23-10-22-13/h3-6,9,11,16H,7-8,10H2,1-2H3,(H,18,21)/b6-4+/t16-/m1/s1. The van der Waals surface area contributed by atoms with E-state index in [2.05, 4.69) is 5.32 Å². The first kappa shape index (κ1) is 15.4. The molecule has 122 valence electrons. The highest BCUT2D eigenvalue weighted by Gasteiger charge is 2.34. The summed E-state index contributed by atoms with van der Waals surface area (Å²) < 4.78 is 10.6. The molecule has 6 heteroatoms. The second-order valence-electron chi connectivity index (χ2n) is 5.96. The topological polar surface area (TPSA) is 67.9 Å². The second kappa shape index (κ2) is 6.32. The van der Waals surface area contributed by atoms with Gasteiger partial charge in [0.1, 0.15) is 6.04 Å². The Balaban J connectivity index is 1.73. The summed E-state index contributed by atoms with van der Waals surface area (Å²) in [4.78, 5) is 26.1. The van der Waals surface area contributed by atoms with Crippen molar-refractivity contribution < 1.29 is 19.1 Å². The molecule has 0 aromatic heterocycles. The maximum atomic E-state index is 12.5. The Morgan fingerprint density at radius 2 is 2.13 bits per heavy atom. The van der Waals surface area contributed by atoms with Crippen molar-refractivity contribution in [3.05, 3.63) is 29.8 Å². The Morgan fingerprint density at radius 3 is 2.91 bits per heavy atom. The minimum atomic E-state index is -0.419. The summed E-state index contributed by atoms with van der Waals surface area (Å²) >= 11 is 0. The van der Waals surface area contributed by atoms with Gasteiger partial charge < -0.3 is 19.7 Å². The molecule has 2 aliphatic rings. The van der Waals surface area contributed by atoms with E-state index in [0.29, 0.717) is 24.6 Å². The van der Waals surface area contributed by atoms with Crippen molar-refractivity contribution in [2.45, 2.75) is 19.9 Å². The number of hydrogen-bond acceptors (Lipinski definition) is 4. The van der Waals surface area contributed by atoms with Crippen molar-refractivity contribution >= 4 is 17.9 Å². The van der Waals surface area contributed by atoms with Crippen LogP contribution in [0.4, 0.5) is 0 Å². The average Bonchev–Trinajstić information content (AvgIpc) is 2.99. The van der Waals surface area contributed by atoms with Crippen molar-refractivity contribution in [2.75, 3.05) is 19.9 Å². The van der Waals surface area contributed by atoms with Gasteiger partial charge in [-0.05, 0) is 29.7 Å². The van der Waals surface area contributed by atoms with E-state index in [1.165, 1.54) is 6.08 Å². The van der Waals surface area contributed by atoms with Gasteiger partial charge in [-0.2, -0.15) is 0 Å². The lowest BCUT2D eigenvalue weighted by molar-refractivity contribution is -0.141. The number of hydrogen-bond donors (Lipinski definition) is 1. The first-order valence-corrected chi connectivity index (χ1v) is 7.72. The number of rotatable bonds is 3. The van der Waals surface area contributed by atoms with Crippen LogP contribution in [0.5, 0.6) is 11.5 Å². The van der Waals surface area contributed by atoms with Gasteiger partial charge in [0.05, 0.1) is 0 Å². The summed E-state index contributed by atoms with van der Waals surface area (Å²) in [5.74, 6) is 1.21. The molecular formula is C17H20N2O4. The molecule has 1 fully saturated rings. The van der Waals surface area contributed by atoms with Gasteiger partial charge in [-0.1, -0.05) is 19.9 Å². The lowest BCUT2D eigenvalue weighted by Gasteiger charge is -2.36. The molecule has 3 rings (SSSR count). The number of fused-ring (bicyclic) bond motifs is 1. The molecule has 1 atom stereocenters. The second-order valence-corrected chi connectivity index (χ2v) is 5.96. The van der Waals surface area contributed by atoms with Crippen LogP contribution in [0.3, 0.4) is 0 Å². The average molecular weight is 316 g/mol. The minimum Gasteiger partial charge on any atom is -0.454 e. The Bertz CT molecular complexity index is 654. The lowest BCUT2D eigenvalue weighted by atomic mass is 9.99. The molecule has 1 saturated heterocycles. The van der Waals surface area contributed by atoms with E-state index >= 15 is 0 Å². The summed E-state index contributed by atoms with van der Waals surface area (Å²) in [6.07, 6.45) is 3.24. The van der Waals surface area contributed by atoms with Gasteiger partial charge >= 0.3 is 0 Å². The molecule has 1 aromatic rings. The number of ether oxygens (including phenoxy) is 2. The summed E-state index contributed by atoms with van der Waals surface area (Å²) in [6, 6.07) is 5.09. The van der Waals surface area contributed by atoms with Gasteiger partial charge in [0, 0.05) is 19.2 Å². The minimum absolute atomic E-state index is 0.0678. The molecular weight excluding hydrogens is 296 g/mol. The van der Waals surface area contributed by atoms with E-state index in [4.69, 9.17) is 9.47 Å². The fourth-order valence-corrected chi connectivity index (χ4v) is 2.87. The van der Waals surface area contributed by atoms with Crippen LogP contribution in [0, 0.1) is 5.92 Å². The third-order valence-electron chi connectivity index (χ3n) is 3.99. The fraction of sp³-hybridized carbons (Fsp3) is 0.412. The first-order valence-electron chi connectivity index (χ1n) is 7.72. The molecule has 1 aromatic carbocycles. The fourth-order valence-electron chi connectivity index (χ4n) is 2.87. The zero-order valence-corrected chi connectivity index (χ0v) is 13.2. The van der Waals surface area contributed by atoms with E-state index < -0.39 is 6.04 Å². The van der Waals surface area contributed by atoms with Crippen molar-refractivity contribution in [1.82, 2.24) is 10.2 Å². The molecule has 0 spiro atoms. The summed E-state index contributed by atoms with van der Waals surface area (Å²) in [5.41, 5.74) is 0.852. The van der Waals surface area contributed by atoms with Crippen molar-refractivity contribution in [3.63, 3.8) is 0 Å². The molecule has 2 aliphatic heterocycles. The highest BCUT2D eigenvalue weighted by atomic mass is 16.7. The largest absolute Gasteiger partial charge is 0.454 e. The van der Waals surface area contributed by atoms with E-state index in [1.54, 1.807) is 11.0 Å². The maximum Gasteiger partial charge on any atom is 0.247 e. The SMILES string of the molecule is CC(C)[C@@H]1C(=O)NCCN1C(=O)/C=C/c1ccc2c(c1)OCO2. The zero-order chi connectivity index (χ0) is 16.4. The van der Waals surface area contributed by atoms with Crippen LogP contribution in [0.2, 0.25) is 0 Å². The lowest BCUT2D eigenvalue weighted by Crippen LogP contribution is -2.58. The highest BCUT2D eigenvalue weighted by Crippen LogP contribution is 2.32.